The van der Waals surface area contributed by atoms with Gasteiger partial charge in [-0.25, -0.2) is 4.57 Å². The first-order chi connectivity index (χ1) is 27.3. The van der Waals surface area contributed by atoms with Gasteiger partial charge in [0.05, 0.1) is 25.4 Å². The van der Waals surface area contributed by atoms with E-state index in [-0.39, 0.29) is 32.6 Å². The molecule has 1 aliphatic heterocycles. The number of rotatable bonds is 38. The average Bonchev–Trinajstić information content (AvgIpc) is 3.94. The van der Waals surface area contributed by atoms with E-state index in [9.17, 15) is 19.0 Å². The number of ether oxygens (including phenoxy) is 3. The summed E-state index contributed by atoms with van der Waals surface area (Å²) in [7, 11) is -4.40. The maximum atomic E-state index is 12.6. The fourth-order valence-electron chi connectivity index (χ4n) is 5.72. The molecule has 0 aromatic rings. The molecule has 0 radical (unpaired) electrons. The Kier molecular flexibility index (Phi) is 33.7. The zero-order chi connectivity index (χ0) is 40.8. The van der Waals surface area contributed by atoms with Gasteiger partial charge in [0, 0.05) is 19.4 Å². The minimum Gasteiger partial charge on any atom is -0.462 e. The van der Waals surface area contributed by atoms with Crippen molar-refractivity contribution >= 4 is 19.8 Å². The molecule has 1 fully saturated rings. The Hall–Kier alpha value is -2.59. The Bertz CT molecular complexity index is 1210. The summed E-state index contributed by atoms with van der Waals surface area (Å²) in [5.41, 5.74) is 5.34. The van der Waals surface area contributed by atoms with Crippen molar-refractivity contribution in [3.05, 3.63) is 72.9 Å². The van der Waals surface area contributed by atoms with Gasteiger partial charge in [0.1, 0.15) is 6.61 Å². The van der Waals surface area contributed by atoms with Crippen molar-refractivity contribution < 1.29 is 42.3 Å². The second-order valence-electron chi connectivity index (χ2n) is 14.2. The van der Waals surface area contributed by atoms with Crippen LogP contribution in [0.2, 0.25) is 0 Å². The van der Waals surface area contributed by atoms with E-state index in [1.54, 1.807) is 0 Å². The molecule has 1 saturated heterocycles. The maximum absolute atomic E-state index is 12.6. The van der Waals surface area contributed by atoms with Gasteiger partial charge in [-0.05, 0) is 83.5 Å². The van der Waals surface area contributed by atoms with Crippen molar-refractivity contribution in [1.82, 2.24) is 0 Å². The zero-order valence-corrected chi connectivity index (χ0v) is 35.7. The molecule has 1 heterocycles. The molecule has 0 saturated carbocycles. The van der Waals surface area contributed by atoms with E-state index in [1.807, 2.05) is 0 Å². The van der Waals surface area contributed by atoms with Crippen LogP contribution in [0.1, 0.15) is 155 Å². The van der Waals surface area contributed by atoms with Crippen molar-refractivity contribution in [2.75, 3.05) is 26.4 Å². The van der Waals surface area contributed by atoms with Crippen LogP contribution in [-0.2, 0) is 37.4 Å². The number of carbonyl (C=O) groups is 2. The van der Waals surface area contributed by atoms with E-state index in [0.29, 0.717) is 25.0 Å². The van der Waals surface area contributed by atoms with Crippen LogP contribution in [0.15, 0.2) is 72.9 Å². The number of phosphoric acid groups is 1. The number of allylic oxidation sites excluding steroid dienone is 11. The summed E-state index contributed by atoms with van der Waals surface area (Å²) in [6.07, 6.45) is 46.6. The van der Waals surface area contributed by atoms with Gasteiger partial charge in [-0.2, -0.15) is 0 Å². The summed E-state index contributed by atoms with van der Waals surface area (Å²) in [5, 5.41) is 0. The van der Waals surface area contributed by atoms with Crippen LogP contribution in [0.25, 0.3) is 0 Å². The molecule has 0 bridgehead atoms. The van der Waals surface area contributed by atoms with Crippen LogP contribution >= 0.6 is 7.82 Å². The lowest BCUT2D eigenvalue weighted by Crippen LogP contribution is -2.29. The molecular formula is C45H76NO9P. The van der Waals surface area contributed by atoms with E-state index in [0.717, 1.165) is 96.3 Å². The molecule has 3 unspecified atom stereocenters. The summed E-state index contributed by atoms with van der Waals surface area (Å²) in [6, 6.07) is 0. The average molecular weight is 806 g/mol. The number of esters is 2. The van der Waals surface area contributed by atoms with Gasteiger partial charge in [0.2, 0.25) is 0 Å². The smallest absolute Gasteiger partial charge is 0.462 e. The SMILES string of the molecule is CC/C=C\C/C=C\C/C=C\C/C=C\C/C=C\CCCCCC(=O)O[C@H](COC(=O)CCCCCCCC1OC1C/C=C\CCCCC)COP(=O)(O)OCCN. The molecule has 11 heteroatoms. The first-order valence-electron chi connectivity index (χ1n) is 21.5. The first kappa shape index (κ1) is 51.4. The summed E-state index contributed by atoms with van der Waals surface area (Å²) < 4.78 is 38.5. The summed E-state index contributed by atoms with van der Waals surface area (Å²) in [6.45, 7) is 3.50. The van der Waals surface area contributed by atoms with Crippen molar-refractivity contribution in [2.45, 2.75) is 173 Å². The Labute approximate surface area is 339 Å². The lowest BCUT2D eigenvalue weighted by Gasteiger charge is -2.19. The lowest BCUT2D eigenvalue weighted by atomic mass is 10.1. The summed E-state index contributed by atoms with van der Waals surface area (Å²) in [4.78, 5) is 34.9. The molecule has 0 amide bonds. The van der Waals surface area contributed by atoms with Gasteiger partial charge in [-0.1, -0.05) is 132 Å². The molecule has 0 aliphatic carbocycles. The van der Waals surface area contributed by atoms with Crippen LogP contribution in [0.3, 0.4) is 0 Å². The predicted octanol–water partition coefficient (Wildman–Crippen LogP) is 11.3. The molecule has 320 valence electrons. The number of nitrogens with two attached hydrogens (primary N) is 1. The van der Waals surface area contributed by atoms with Crippen LogP contribution in [-0.4, -0.2) is 61.5 Å². The molecule has 4 atom stereocenters. The van der Waals surface area contributed by atoms with Gasteiger partial charge < -0.3 is 24.8 Å². The van der Waals surface area contributed by atoms with Gasteiger partial charge >= 0.3 is 19.8 Å². The lowest BCUT2D eigenvalue weighted by molar-refractivity contribution is -0.161. The minimum atomic E-state index is -4.40. The summed E-state index contributed by atoms with van der Waals surface area (Å²) >= 11 is 0. The fraction of sp³-hybridized carbons (Fsp3) is 0.689. The second kappa shape index (κ2) is 36.7. The number of epoxide rings is 1. The Morgan fingerprint density at radius 3 is 1.86 bits per heavy atom. The fourth-order valence-corrected chi connectivity index (χ4v) is 6.49. The third kappa shape index (κ3) is 33.5. The Balaban J connectivity index is 2.23. The highest BCUT2D eigenvalue weighted by atomic mass is 31.2. The second-order valence-corrected chi connectivity index (χ2v) is 15.7. The van der Waals surface area contributed by atoms with Gasteiger partial charge in [0.25, 0.3) is 0 Å². The molecule has 3 N–H and O–H groups in total. The number of phosphoric ester groups is 1. The number of unbranched alkanes of at least 4 members (excludes halogenated alkanes) is 10. The highest BCUT2D eigenvalue weighted by Crippen LogP contribution is 2.43. The van der Waals surface area contributed by atoms with Crippen LogP contribution in [0, 0.1) is 0 Å². The van der Waals surface area contributed by atoms with Gasteiger partial charge in [0.15, 0.2) is 6.10 Å². The third-order valence-corrected chi connectivity index (χ3v) is 9.98. The largest absolute Gasteiger partial charge is 0.472 e. The van der Waals surface area contributed by atoms with Gasteiger partial charge in [-0.15, -0.1) is 0 Å². The molecule has 1 aliphatic rings. The van der Waals surface area contributed by atoms with E-state index in [4.69, 9.17) is 29.0 Å². The molecular weight excluding hydrogens is 729 g/mol. The number of carbonyl (C=O) groups excluding carboxylic acids is 2. The van der Waals surface area contributed by atoms with Gasteiger partial charge in [-0.3, -0.25) is 18.6 Å². The highest BCUT2D eigenvalue weighted by Gasteiger charge is 2.36. The van der Waals surface area contributed by atoms with Crippen LogP contribution < -0.4 is 5.73 Å². The topological polar surface area (TPSA) is 147 Å². The molecule has 0 aromatic carbocycles. The molecule has 56 heavy (non-hydrogen) atoms. The first-order valence-corrected chi connectivity index (χ1v) is 23.0. The van der Waals surface area contributed by atoms with E-state index >= 15 is 0 Å². The molecule has 1 rings (SSSR count). The molecule has 10 nitrogen and oxygen atoms in total. The van der Waals surface area contributed by atoms with Crippen molar-refractivity contribution in [3.8, 4) is 0 Å². The van der Waals surface area contributed by atoms with Crippen LogP contribution in [0.4, 0.5) is 0 Å². The number of hydrogen-bond acceptors (Lipinski definition) is 9. The monoisotopic (exact) mass is 806 g/mol. The molecule has 0 aromatic heterocycles. The quantitative estimate of drug-likeness (QED) is 0.0203. The van der Waals surface area contributed by atoms with E-state index in [2.05, 4.69) is 86.8 Å². The van der Waals surface area contributed by atoms with E-state index < -0.39 is 32.5 Å². The normalized spacial score (nSPS) is 17.6. The predicted molar refractivity (Wildman–Crippen MR) is 228 cm³/mol. The highest BCUT2D eigenvalue weighted by molar-refractivity contribution is 7.47. The van der Waals surface area contributed by atoms with Crippen molar-refractivity contribution in [1.29, 1.82) is 0 Å². The standard InChI is InChI=1S/C45H76NO9P/c1-3-5-7-9-11-12-13-14-15-16-17-18-19-20-21-22-23-27-32-36-45(48)54-41(40-53-56(49,50)52-38-37-46)39-51-44(47)35-31-28-24-26-30-34-43-42(55-43)33-29-25-10-8-6-4-2/h5,7,11-12,14-15,17-18,20-21,25,29,41-43H,3-4,6,8-10,13,16,19,22-24,26-28,30-40,46H2,1-2H3,(H,49,50)/b7-5-,12-11-,15-14-,18-17-,21-20-,29-25-/t41-,42?,43?/m1/s1. The molecule has 0 spiro atoms. The number of hydrogen-bond donors (Lipinski definition) is 2. The maximum Gasteiger partial charge on any atom is 0.472 e. The minimum absolute atomic E-state index is 0.0392. The summed E-state index contributed by atoms with van der Waals surface area (Å²) in [5.74, 6) is -0.897. The van der Waals surface area contributed by atoms with Crippen molar-refractivity contribution in [3.63, 3.8) is 0 Å². The third-order valence-electron chi connectivity index (χ3n) is 9.00. The van der Waals surface area contributed by atoms with E-state index in [1.165, 1.54) is 19.3 Å². The Morgan fingerprint density at radius 2 is 1.21 bits per heavy atom. The Morgan fingerprint density at radius 1 is 0.661 bits per heavy atom. The zero-order valence-electron chi connectivity index (χ0n) is 34.8. The van der Waals surface area contributed by atoms with Crippen molar-refractivity contribution in [2.24, 2.45) is 5.73 Å². The van der Waals surface area contributed by atoms with Crippen LogP contribution in [0.5, 0.6) is 0 Å².